The molecule has 0 aromatic carbocycles. The van der Waals surface area contributed by atoms with Crippen LogP contribution in [-0.4, -0.2) is 54.5 Å². The van der Waals surface area contributed by atoms with Crippen molar-refractivity contribution in [2.75, 3.05) is 26.8 Å². The van der Waals surface area contributed by atoms with Crippen LogP contribution in [0.2, 0.25) is 0 Å². The van der Waals surface area contributed by atoms with Gasteiger partial charge in [0.25, 0.3) is 0 Å². The van der Waals surface area contributed by atoms with Crippen LogP contribution in [0.25, 0.3) is 0 Å². The van der Waals surface area contributed by atoms with Crippen molar-refractivity contribution >= 4 is 0 Å². The van der Waals surface area contributed by atoms with Gasteiger partial charge in [-0.15, -0.1) is 0 Å². The molecule has 108 valence electrons. The van der Waals surface area contributed by atoms with Crippen molar-refractivity contribution in [2.24, 2.45) is 11.1 Å². The van der Waals surface area contributed by atoms with Crippen LogP contribution in [0.1, 0.15) is 40.5 Å². The Kier molecular flexibility index (Phi) is 5.18. The van der Waals surface area contributed by atoms with Crippen molar-refractivity contribution in [3.05, 3.63) is 0 Å². The van der Waals surface area contributed by atoms with Gasteiger partial charge in [-0.25, -0.2) is 0 Å². The van der Waals surface area contributed by atoms with Crippen molar-refractivity contribution in [3.8, 4) is 0 Å². The number of nitrogens with two attached hydrogens (primary N) is 1. The third-order valence-electron chi connectivity index (χ3n) is 3.83. The second-order valence-corrected chi connectivity index (χ2v) is 6.92. The lowest BCUT2D eigenvalue weighted by atomic mass is 9.81. The Morgan fingerprint density at radius 3 is 2.22 bits per heavy atom. The predicted octanol–water partition coefficient (Wildman–Crippen LogP) is 1.22. The fraction of sp³-hybridized carbons (Fsp3) is 1.00. The zero-order valence-electron chi connectivity index (χ0n) is 12.6. The molecule has 1 aliphatic rings. The molecular weight excluding hydrogens is 228 g/mol. The summed E-state index contributed by atoms with van der Waals surface area (Å²) in [5.74, 6) is 0. The molecule has 1 aliphatic heterocycles. The van der Waals surface area contributed by atoms with E-state index in [2.05, 4.69) is 32.7 Å². The minimum absolute atomic E-state index is 0.0819. The van der Waals surface area contributed by atoms with E-state index in [1.165, 1.54) is 0 Å². The van der Waals surface area contributed by atoms with Crippen molar-refractivity contribution in [1.82, 2.24) is 4.90 Å². The monoisotopic (exact) mass is 258 g/mol. The number of nitrogens with zero attached hydrogens (tertiary/aromatic N) is 1. The first-order valence-electron chi connectivity index (χ1n) is 6.92. The molecule has 0 saturated carbocycles. The summed E-state index contributed by atoms with van der Waals surface area (Å²) < 4.78 is 5.32. The van der Waals surface area contributed by atoms with Gasteiger partial charge in [0.15, 0.2) is 0 Å². The van der Waals surface area contributed by atoms with Crippen LogP contribution in [0.5, 0.6) is 0 Å². The van der Waals surface area contributed by atoms with E-state index >= 15 is 0 Å². The summed E-state index contributed by atoms with van der Waals surface area (Å²) in [4.78, 5) is 2.22. The highest BCUT2D eigenvalue weighted by molar-refractivity contribution is 4.92. The van der Waals surface area contributed by atoms with E-state index in [0.29, 0.717) is 32.6 Å². The Morgan fingerprint density at radius 1 is 1.33 bits per heavy atom. The molecule has 0 aromatic rings. The van der Waals surface area contributed by atoms with Gasteiger partial charge in [0, 0.05) is 44.7 Å². The lowest BCUT2D eigenvalue weighted by Gasteiger charge is -2.44. The van der Waals surface area contributed by atoms with Gasteiger partial charge in [0.2, 0.25) is 0 Å². The number of rotatable bonds is 4. The van der Waals surface area contributed by atoms with Crippen LogP contribution in [-0.2, 0) is 4.74 Å². The first-order valence-corrected chi connectivity index (χ1v) is 6.92. The topological polar surface area (TPSA) is 58.7 Å². The minimum atomic E-state index is -0.620. The van der Waals surface area contributed by atoms with Gasteiger partial charge < -0.3 is 15.6 Å². The van der Waals surface area contributed by atoms with Crippen LogP contribution in [0.4, 0.5) is 0 Å². The average Bonchev–Trinajstić information content (AvgIpc) is 2.13. The molecule has 0 spiro atoms. The third-order valence-corrected chi connectivity index (χ3v) is 3.83. The molecule has 1 rings (SSSR count). The second-order valence-electron chi connectivity index (χ2n) is 6.92. The molecular formula is C14H30N2O2. The Balaban J connectivity index is 2.69. The summed E-state index contributed by atoms with van der Waals surface area (Å²) in [6, 6.07) is 0.336. The van der Waals surface area contributed by atoms with Crippen LogP contribution >= 0.6 is 0 Å². The van der Waals surface area contributed by atoms with Gasteiger partial charge in [-0.1, -0.05) is 20.8 Å². The summed E-state index contributed by atoms with van der Waals surface area (Å²) in [7, 11) is 2.06. The molecule has 1 saturated heterocycles. The van der Waals surface area contributed by atoms with Gasteiger partial charge in [0.05, 0.1) is 5.60 Å². The summed E-state index contributed by atoms with van der Waals surface area (Å²) in [6.45, 7) is 10.6. The molecule has 2 atom stereocenters. The Labute approximate surface area is 111 Å². The maximum Gasteiger partial charge on any atom is 0.0817 e. The SMILES string of the molecule is CC(N)C(N(C)CC1(O)CCOCC1)C(C)(C)C. The summed E-state index contributed by atoms with van der Waals surface area (Å²) >= 11 is 0. The molecule has 1 fully saturated rings. The van der Waals surface area contributed by atoms with E-state index in [0.717, 1.165) is 0 Å². The third kappa shape index (κ3) is 4.19. The largest absolute Gasteiger partial charge is 0.388 e. The van der Waals surface area contributed by atoms with Crippen LogP contribution in [0.3, 0.4) is 0 Å². The van der Waals surface area contributed by atoms with E-state index < -0.39 is 5.60 Å². The molecule has 0 radical (unpaired) electrons. The van der Waals surface area contributed by atoms with E-state index in [9.17, 15) is 5.11 Å². The zero-order valence-corrected chi connectivity index (χ0v) is 12.6. The molecule has 0 aromatic heterocycles. The number of hydrogen-bond acceptors (Lipinski definition) is 4. The summed E-state index contributed by atoms with van der Waals surface area (Å²) in [6.07, 6.45) is 1.43. The van der Waals surface area contributed by atoms with Gasteiger partial charge >= 0.3 is 0 Å². The van der Waals surface area contributed by atoms with Crippen molar-refractivity contribution in [2.45, 2.75) is 58.2 Å². The lowest BCUT2D eigenvalue weighted by molar-refractivity contribution is -0.0879. The first-order chi connectivity index (χ1) is 8.16. The highest BCUT2D eigenvalue weighted by Gasteiger charge is 2.37. The van der Waals surface area contributed by atoms with Gasteiger partial charge in [-0.05, 0) is 19.4 Å². The van der Waals surface area contributed by atoms with Crippen molar-refractivity contribution < 1.29 is 9.84 Å². The standard InChI is InChI=1S/C14H30N2O2/c1-11(15)12(13(2,3)4)16(5)10-14(17)6-8-18-9-7-14/h11-12,17H,6-10,15H2,1-5H3. The fourth-order valence-electron chi connectivity index (χ4n) is 3.32. The highest BCUT2D eigenvalue weighted by Crippen LogP contribution is 2.29. The van der Waals surface area contributed by atoms with Gasteiger partial charge in [-0.2, -0.15) is 0 Å². The molecule has 3 N–H and O–H groups in total. The van der Waals surface area contributed by atoms with Crippen LogP contribution in [0.15, 0.2) is 0 Å². The lowest BCUT2D eigenvalue weighted by Crippen LogP contribution is -2.57. The van der Waals surface area contributed by atoms with Crippen LogP contribution in [0, 0.1) is 5.41 Å². The summed E-state index contributed by atoms with van der Waals surface area (Å²) in [5, 5.41) is 10.6. The second kappa shape index (κ2) is 5.87. The normalized spacial score (nSPS) is 24.0. The maximum atomic E-state index is 10.6. The van der Waals surface area contributed by atoms with Gasteiger partial charge in [-0.3, -0.25) is 4.90 Å². The first kappa shape index (κ1) is 15.9. The molecule has 0 bridgehead atoms. The van der Waals surface area contributed by atoms with Crippen molar-refractivity contribution in [1.29, 1.82) is 0 Å². The zero-order chi connectivity index (χ0) is 14.0. The van der Waals surface area contributed by atoms with Crippen molar-refractivity contribution in [3.63, 3.8) is 0 Å². The Hall–Kier alpha value is -0.160. The quantitative estimate of drug-likeness (QED) is 0.796. The van der Waals surface area contributed by atoms with E-state index in [-0.39, 0.29) is 17.5 Å². The fourth-order valence-corrected chi connectivity index (χ4v) is 3.32. The van der Waals surface area contributed by atoms with E-state index in [1.54, 1.807) is 0 Å². The molecule has 1 heterocycles. The number of likely N-dealkylation sites (N-methyl/N-ethyl adjacent to an activating group) is 1. The Bertz CT molecular complexity index is 255. The van der Waals surface area contributed by atoms with E-state index in [1.807, 2.05) is 6.92 Å². The predicted molar refractivity (Wildman–Crippen MR) is 74.5 cm³/mol. The molecule has 4 heteroatoms. The molecule has 2 unspecified atom stereocenters. The average molecular weight is 258 g/mol. The highest BCUT2D eigenvalue weighted by atomic mass is 16.5. The molecule has 0 aliphatic carbocycles. The molecule has 4 nitrogen and oxygen atoms in total. The number of aliphatic hydroxyl groups is 1. The summed E-state index contributed by atoms with van der Waals surface area (Å²) in [5.41, 5.74) is 5.61. The number of ether oxygens (including phenoxy) is 1. The smallest absolute Gasteiger partial charge is 0.0817 e. The Morgan fingerprint density at radius 2 is 1.83 bits per heavy atom. The van der Waals surface area contributed by atoms with Crippen LogP contribution < -0.4 is 5.73 Å². The minimum Gasteiger partial charge on any atom is -0.388 e. The molecule has 0 amide bonds. The number of hydrogen-bond donors (Lipinski definition) is 2. The van der Waals surface area contributed by atoms with E-state index in [4.69, 9.17) is 10.5 Å². The van der Waals surface area contributed by atoms with Gasteiger partial charge in [0.1, 0.15) is 0 Å². The molecule has 18 heavy (non-hydrogen) atoms. The maximum absolute atomic E-state index is 10.6.